The number of aromatic nitrogens is 2. The van der Waals surface area contributed by atoms with Gasteiger partial charge in [-0.15, -0.1) is 11.3 Å². The highest BCUT2D eigenvalue weighted by atomic mass is 35.5. The number of aryl methyl sites for hydroxylation is 1. The number of amides is 1. The van der Waals surface area contributed by atoms with E-state index in [-0.39, 0.29) is 11.8 Å². The van der Waals surface area contributed by atoms with Crippen LogP contribution in [0.5, 0.6) is 0 Å². The second-order valence-corrected chi connectivity index (χ2v) is 8.26. The Hall–Kier alpha value is -2.24. The summed E-state index contributed by atoms with van der Waals surface area (Å²) in [5, 5.41) is 0. The zero-order valence-corrected chi connectivity index (χ0v) is 16.1. The molecule has 1 aliphatic rings. The number of carbonyl (C=O) groups is 1. The Morgan fingerprint density at radius 1 is 1.23 bits per heavy atom. The van der Waals surface area contributed by atoms with Crippen molar-refractivity contribution in [3.05, 3.63) is 68.9 Å². The summed E-state index contributed by atoms with van der Waals surface area (Å²) in [5.74, 6) is 0.920. The normalized spacial score (nSPS) is 16.4. The summed E-state index contributed by atoms with van der Waals surface area (Å²) < 4.78 is 0.765. The van der Waals surface area contributed by atoms with Gasteiger partial charge in [0.2, 0.25) is 5.91 Å². The number of halogens is 1. The minimum atomic E-state index is 0.0846. The van der Waals surface area contributed by atoms with Gasteiger partial charge in [0.25, 0.3) is 0 Å². The molecule has 3 heterocycles. The van der Waals surface area contributed by atoms with Crippen LogP contribution >= 0.6 is 22.9 Å². The fourth-order valence-corrected chi connectivity index (χ4v) is 4.84. The standard InChI is InChI=1S/C20H18ClN3OS/c1-12-22-8-14(9-23-12)15-5-3-4-6-16(15)18-10-24(13(2)25)11-19-17(18)7-20(21)26-19/h3-9,18H,10-11H2,1-2H3/t18-/m0/s1. The molecule has 0 saturated carbocycles. The SMILES string of the molecule is CC(=O)N1Cc2sc(Cl)cc2[C@H](c2ccccc2-c2cnc(C)nc2)C1. The third kappa shape index (κ3) is 3.13. The van der Waals surface area contributed by atoms with Crippen molar-refractivity contribution in [2.75, 3.05) is 6.54 Å². The molecule has 3 aromatic rings. The molecule has 0 N–H and O–H groups in total. The fourth-order valence-electron chi connectivity index (χ4n) is 3.49. The topological polar surface area (TPSA) is 46.1 Å². The largest absolute Gasteiger partial charge is 0.337 e. The highest BCUT2D eigenvalue weighted by Gasteiger charge is 2.31. The van der Waals surface area contributed by atoms with Gasteiger partial charge in [-0.25, -0.2) is 9.97 Å². The molecule has 26 heavy (non-hydrogen) atoms. The maximum absolute atomic E-state index is 12.1. The van der Waals surface area contributed by atoms with Gasteiger partial charge >= 0.3 is 0 Å². The van der Waals surface area contributed by atoms with E-state index in [1.54, 1.807) is 18.3 Å². The molecule has 0 radical (unpaired) electrons. The van der Waals surface area contributed by atoms with Gasteiger partial charge in [0.15, 0.2) is 0 Å². The highest BCUT2D eigenvalue weighted by molar-refractivity contribution is 7.16. The molecule has 132 valence electrons. The van der Waals surface area contributed by atoms with E-state index in [9.17, 15) is 4.79 Å². The first kappa shape index (κ1) is 17.2. The van der Waals surface area contributed by atoms with Crippen LogP contribution < -0.4 is 0 Å². The Morgan fingerprint density at radius 2 is 1.96 bits per heavy atom. The maximum Gasteiger partial charge on any atom is 0.219 e. The van der Waals surface area contributed by atoms with Crippen molar-refractivity contribution in [1.82, 2.24) is 14.9 Å². The smallest absolute Gasteiger partial charge is 0.219 e. The van der Waals surface area contributed by atoms with E-state index in [2.05, 4.69) is 22.1 Å². The van der Waals surface area contributed by atoms with Crippen molar-refractivity contribution < 1.29 is 4.79 Å². The first-order valence-electron chi connectivity index (χ1n) is 8.44. The van der Waals surface area contributed by atoms with Gasteiger partial charge in [-0.05, 0) is 29.7 Å². The zero-order chi connectivity index (χ0) is 18.3. The number of rotatable bonds is 2. The van der Waals surface area contributed by atoms with Gasteiger partial charge < -0.3 is 4.90 Å². The molecular formula is C20H18ClN3OS. The third-order valence-corrected chi connectivity index (χ3v) is 6.06. The predicted molar refractivity (Wildman–Crippen MR) is 104 cm³/mol. The van der Waals surface area contributed by atoms with E-state index < -0.39 is 0 Å². The number of nitrogens with zero attached hydrogens (tertiary/aromatic N) is 3. The average molecular weight is 384 g/mol. The molecule has 4 rings (SSSR count). The van der Waals surface area contributed by atoms with E-state index in [1.807, 2.05) is 42.4 Å². The lowest BCUT2D eigenvalue weighted by molar-refractivity contribution is -0.129. The zero-order valence-electron chi connectivity index (χ0n) is 14.6. The van der Waals surface area contributed by atoms with Crippen molar-refractivity contribution in [3.8, 4) is 11.1 Å². The number of thiophene rings is 1. The lowest BCUT2D eigenvalue weighted by Crippen LogP contribution is -2.36. The van der Waals surface area contributed by atoms with E-state index in [0.29, 0.717) is 13.1 Å². The quantitative estimate of drug-likeness (QED) is 0.646. The van der Waals surface area contributed by atoms with Gasteiger partial charge in [0, 0.05) is 42.2 Å². The lowest BCUT2D eigenvalue weighted by Gasteiger charge is -2.33. The Bertz CT molecular complexity index is 967. The number of carbonyl (C=O) groups excluding carboxylic acids is 1. The molecule has 6 heteroatoms. The van der Waals surface area contributed by atoms with Crippen molar-refractivity contribution in [2.45, 2.75) is 26.3 Å². The molecule has 2 aromatic heterocycles. The second kappa shape index (κ2) is 6.82. The van der Waals surface area contributed by atoms with Gasteiger partial charge in [-0.2, -0.15) is 0 Å². The summed E-state index contributed by atoms with van der Waals surface area (Å²) in [4.78, 5) is 23.8. The summed E-state index contributed by atoms with van der Waals surface area (Å²) in [6, 6.07) is 10.3. The molecule has 0 bridgehead atoms. The van der Waals surface area contributed by atoms with E-state index >= 15 is 0 Å². The third-order valence-electron chi connectivity index (χ3n) is 4.80. The fraction of sp³-hybridized carbons (Fsp3) is 0.250. The monoisotopic (exact) mass is 383 g/mol. The summed E-state index contributed by atoms with van der Waals surface area (Å²) in [7, 11) is 0. The first-order valence-corrected chi connectivity index (χ1v) is 9.64. The van der Waals surface area contributed by atoms with E-state index in [4.69, 9.17) is 11.6 Å². The number of hydrogen-bond donors (Lipinski definition) is 0. The Labute approximate surface area is 161 Å². The predicted octanol–water partition coefficient (Wildman–Crippen LogP) is 4.66. The van der Waals surface area contributed by atoms with Crippen LogP contribution in [-0.2, 0) is 11.3 Å². The molecule has 0 unspecified atom stereocenters. The minimum Gasteiger partial charge on any atom is -0.337 e. The number of fused-ring (bicyclic) bond motifs is 1. The molecule has 4 nitrogen and oxygen atoms in total. The lowest BCUT2D eigenvalue weighted by atomic mass is 9.84. The van der Waals surface area contributed by atoms with E-state index in [1.165, 1.54) is 11.1 Å². The second-order valence-electron chi connectivity index (χ2n) is 6.49. The van der Waals surface area contributed by atoms with Crippen LogP contribution in [0.3, 0.4) is 0 Å². The molecule has 1 amide bonds. The van der Waals surface area contributed by atoms with Crippen molar-refractivity contribution in [1.29, 1.82) is 0 Å². The average Bonchev–Trinajstić information content (AvgIpc) is 3.01. The molecule has 1 atom stereocenters. The van der Waals surface area contributed by atoms with Crippen LogP contribution in [0.15, 0.2) is 42.7 Å². The minimum absolute atomic E-state index is 0.0846. The van der Waals surface area contributed by atoms with Crippen molar-refractivity contribution in [2.24, 2.45) is 0 Å². The summed E-state index contributed by atoms with van der Waals surface area (Å²) in [6.45, 7) is 4.78. The van der Waals surface area contributed by atoms with Crippen LogP contribution in [0.2, 0.25) is 4.34 Å². The first-order chi connectivity index (χ1) is 12.5. The Kier molecular flexibility index (Phi) is 4.51. The number of hydrogen-bond acceptors (Lipinski definition) is 4. The van der Waals surface area contributed by atoms with Crippen LogP contribution in [0.25, 0.3) is 11.1 Å². The molecule has 0 saturated heterocycles. The van der Waals surface area contributed by atoms with E-state index in [0.717, 1.165) is 26.2 Å². The Morgan fingerprint density at radius 3 is 2.69 bits per heavy atom. The number of benzene rings is 1. The van der Waals surface area contributed by atoms with Gasteiger partial charge in [0.1, 0.15) is 5.82 Å². The summed E-state index contributed by atoms with van der Waals surface area (Å²) in [6.07, 6.45) is 3.71. The summed E-state index contributed by atoms with van der Waals surface area (Å²) in [5.41, 5.74) is 4.46. The molecule has 0 spiro atoms. The summed E-state index contributed by atoms with van der Waals surface area (Å²) >= 11 is 7.86. The Balaban J connectivity index is 1.84. The molecule has 1 aliphatic heterocycles. The molecule has 0 aliphatic carbocycles. The van der Waals surface area contributed by atoms with Crippen LogP contribution in [0, 0.1) is 6.92 Å². The highest BCUT2D eigenvalue weighted by Crippen LogP contribution is 2.42. The van der Waals surface area contributed by atoms with Gasteiger partial charge in [0.05, 0.1) is 10.9 Å². The van der Waals surface area contributed by atoms with Crippen LogP contribution in [-0.4, -0.2) is 27.3 Å². The van der Waals surface area contributed by atoms with Crippen LogP contribution in [0.1, 0.15) is 34.7 Å². The van der Waals surface area contributed by atoms with Gasteiger partial charge in [-0.3, -0.25) is 4.79 Å². The maximum atomic E-state index is 12.1. The molecular weight excluding hydrogens is 366 g/mol. The van der Waals surface area contributed by atoms with Crippen LogP contribution in [0.4, 0.5) is 0 Å². The van der Waals surface area contributed by atoms with Gasteiger partial charge in [-0.1, -0.05) is 35.9 Å². The molecule has 1 aromatic carbocycles. The van der Waals surface area contributed by atoms with Crippen molar-refractivity contribution in [3.63, 3.8) is 0 Å². The molecule has 0 fully saturated rings. The van der Waals surface area contributed by atoms with Crippen molar-refractivity contribution >= 4 is 28.8 Å².